The Bertz CT molecular complexity index is 1260. The molecule has 7 heteroatoms. The lowest BCUT2D eigenvalue weighted by molar-refractivity contribution is 0.0734. The fourth-order valence-electron chi connectivity index (χ4n) is 2.85. The summed E-state index contributed by atoms with van der Waals surface area (Å²) >= 11 is 0. The van der Waals surface area contributed by atoms with Gasteiger partial charge in [-0.15, -0.1) is 0 Å². The number of hydrogen-bond acceptors (Lipinski definition) is 6. The maximum Gasteiger partial charge on any atom is 0.343 e. The van der Waals surface area contributed by atoms with Gasteiger partial charge in [0.2, 0.25) is 5.89 Å². The van der Waals surface area contributed by atoms with E-state index in [9.17, 15) is 14.0 Å². The highest BCUT2D eigenvalue weighted by molar-refractivity contribution is 5.91. The summed E-state index contributed by atoms with van der Waals surface area (Å²) in [6.07, 6.45) is 0. The van der Waals surface area contributed by atoms with E-state index >= 15 is 0 Å². The molecular formula is C24H16FNO5. The smallest absolute Gasteiger partial charge is 0.343 e. The van der Waals surface area contributed by atoms with Crippen molar-refractivity contribution >= 4 is 5.97 Å². The maximum atomic E-state index is 13.1. The molecule has 1 heterocycles. The monoisotopic (exact) mass is 417 g/mol. The Balaban J connectivity index is 1.54. The van der Waals surface area contributed by atoms with Crippen molar-refractivity contribution in [2.24, 2.45) is 0 Å². The predicted octanol–water partition coefficient (Wildman–Crippen LogP) is 4.74. The fraction of sp³-hybridized carbons (Fsp3) is 0.0417. The molecule has 0 aliphatic carbocycles. The van der Waals surface area contributed by atoms with Crippen LogP contribution in [0.4, 0.5) is 4.39 Å². The van der Waals surface area contributed by atoms with Gasteiger partial charge in [0.25, 0.3) is 0 Å². The largest absolute Gasteiger partial charge is 0.497 e. The van der Waals surface area contributed by atoms with Crippen LogP contribution >= 0.6 is 0 Å². The Labute approximate surface area is 176 Å². The molecule has 3 aromatic carbocycles. The van der Waals surface area contributed by atoms with Crippen molar-refractivity contribution in [1.82, 2.24) is 4.98 Å². The van der Waals surface area contributed by atoms with E-state index in [0.717, 1.165) is 0 Å². The molecule has 0 aliphatic rings. The molecule has 0 aliphatic heterocycles. The van der Waals surface area contributed by atoms with Crippen molar-refractivity contribution in [2.45, 2.75) is 0 Å². The minimum Gasteiger partial charge on any atom is -0.497 e. The zero-order chi connectivity index (χ0) is 21.8. The Morgan fingerprint density at radius 1 is 0.871 bits per heavy atom. The van der Waals surface area contributed by atoms with Crippen molar-refractivity contribution in [3.8, 4) is 34.2 Å². The second kappa shape index (κ2) is 8.62. The van der Waals surface area contributed by atoms with Gasteiger partial charge in [-0.25, -0.2) is 19.0 Å². The molecule has 0 saturated heterocycles. The van der Waals surface area contributed by atoms with E-state index in [1.165, 1.54) is 30.3 Å². The first-order chi connectivity index (χ1) is 15.0. The lowest BCUT2D eigenvalue weighted by atomic mass is 10.1. The Hall–Kier alpha value is -4.26. The second-order valence-corrected chi connectivity index (χ2v) is 6.52. The van der Waals surface area contributed by atoms with E-state index in [0.29, 0.717) is 33.9 Å². The number of methoxy groups -OCH3 is 1. The summed E-state index contributed by atoms with van der Waals surface area (Å²) in [5.74, 6) is 0.152. The van der Waals surface area contributed by atoms with Crippen LogP contribution in [-0.2, 0) is 0 Å². The highest BCUT2D eigenvalue weighted by Gasteiger charge is 2.11. The summed E-state index contributed by atoms with van der Waals surface area (Å²) in [4.78, 5) is 28.6. The molecule has 0 radical (unpaired) electrons. The average Bonchev–Trinajstić information content (AvgIpc) is 2.79. The van der Waals surface area contributed by atoms with Gasteiger partial charge in [-0.1, -0.05) is 0 Å². The third-order valence-corrected chi connectivity index (χ3v) is 4.45. The van der Waals surface area contributed by atoms with E-state index in [-0.39, 0.29) is 5.89 Å². The molecule has 0 fully saturated rings. The standard InChI is InChI=1S/C24H16FNO5/c1-29-19-10-6-17(7-11-19)24(28)30-20-12-4-15(5-13-20)21-14-22(27)31-23(26-21)16-2-8-18(25)9-3-16/h2-14H,1H3. The minimum absolute atomic E-state index is 0.0810. The summed E-state index contributed by atoms with van der Waals surface area (Å²) in [5, 5.41) is 0. The third-order valence-electron chi connectivity index (χ3n) is 4.45. The van der Waals surface area contributed by atoms with Crippen molar-refractivity contribution in [1.29, 1.82) is 0 Å². The highest BCUT2D eigenvalue weighted by atomic mass is 19.1. The van der Waals surface area contributed by atoms with Crippen LogP contribution in [0.15, 0.2) is 88.1 Å². The van der Waals surface area contributed by atoms with E-state index in [1.807, 2.05) is 0 Å². The molecule has 154 valence electrons. The number of aromatic nitrogens is 1. The Morgan fingerprint density at radius 2 is 1.48 bits per heavy atom. The first-order valence-corrected chi connectivity index (χ1v) is 9.26. The van der Waals surface area contributed by atoms with Crippen molar-refractivity contribution in [3.63, 3.8) is 0 Å². The quantitative estimate of drug-likeness (QED) is 0.345. The average molecular weight is 417 g/mol. The second-order valence-electron chi connectivity index (χ2n) is 6.52. The van der Waals surface area contributed by atoms with Gasteiger partial charge in [-0.05, 0) is 72.8 Å². The van der Waals surface area contributed by atoms with Gasteiger partial charge >= 0.3 is 11.6 Å². The Kier molecular flexibility index (Phi) is 5.57. The lowest BCUT2D eigenvalue weighted by Gasteiger charge is -2.07. The summed E-state index contributed by atoms with van der Waals surface area (Å²) < 4.78 is 28.7. The summed E-state index contributed by atoms with van der Waals surface area (Å²) in [6, 6.07) is 19.8. The zero-order valence-electron chi connectivity index (χ0n) is 16.4. The van der Waals surface area contributed by atoms with Gasteiger partial charge in [-0.3, -0.25) is 0 Å². The van der Waals surface area contributed by atoms with Crippen LogP contribution in [0.25, 0.3) is 22.7 Å². The van der Waals surface area contributed by atoms with Crippen molar-refractivity contribution in [2.75, 3.05) is 7.11 Å². The van der Waals surface area contributed by atoms with E-state index in [4.69, 9.17) is 13.9 Å². The molecule has 0 saturated carbocycles. The molecule has 0 unspecified atom stereocenters. The van der Waals surface area contributed by atoms with E-state index < -0.39 is 17.4 Å². The normalized spacial score (nSPS) is 10.5. The molecule has 1 aromatic heterocycles. The number of hydrogen-bond donors (Lipinski definition) is 0. The minimum atomic E-state index is -0.584. The van der Waals surface area contributed by atoms with Gasteiger partial charge in [0, 0.05) is 11.1 Å². The number of rotatable bonds is 5. The summed E-state index contributed by atoms with van der Waals surface area (Å²) in [5.41, 5.74) is 1.28. The molecule has 6 nitrogen and oxygen atoms in total. The van der Waals surface area contributed by atoms with Gasteiger partial charge < -0.3 is 13.9 Å². The van der Waals surface area contributed by atoms with Crippen molar-refractivity contribution < 1.29 is 23.1 Å². The van der Waals surface area contributed by atoms with Gasteiger partial charge in [0.1, 0.15) is 17.3 Å². The molecule has 0 spiro atoms. The number of nitrogens with zero attached hydrogens (tertiary/aromatic N) is 1. The van der Waals surface area contributed by atoms with Crippen LogP contribution < -0.4 is 15.1 Å². The number of carbonyl (C=O) groups is 1. The first-order valence-electron chi connectivity index (χ1n) is 9.26. The number of esters is 1. The topological polar surface area (TPSA) is 78.6 Å². The molecule has 4 aromatic rings. The zero-order valence-corrected chi connectivity index (χ0v) is 16.4. The van der Waals surface area contributed by atoms with Crippen molar-refractivity contribution in [3.05, 3.63) is 101 Å². The molecule has 0 atom stereocenters. The Morgan fingerprint density at radius 3 is 2.13 bits per heavy atom. The maximum absolute atomic E-state index is 13.1. The van der Waals surface area contributed by atoms with Crippen LogP contribution in [0.5, 0.6) is 11.5 Å². The number of carbonyl (C=O) groups excluding carboxylic acids is 1. The van der Waals surface area contributed by atoms with Gasteiger partial charge in [0.15, 0.2) is 0 Å². The van der Waals surface area contributed by atoms with Gasteiger partial charge in [0.05, 0.1) is 24.4 Å². The SMILES string of the molecule is COc1ccc(C(=O)Oc2ccc(-c3cc(=O)oc(-c4ccc(F)cc4)n3)cc2)cc1. The highest BCUT2D eigenvalue weighted by Crippen LogP contribution is 2.24. The lowest BCUT2D eigenvalue weighted by Crippen LogP contribution is -2.08. The van der Waals surface area contributed by atoms with Gasteiger partial charge in [-0.2, -0.15) is 0 Å². The molecule has 0 amide bonds. The van der Waals surface area contributed by atoms with E-state index in [2.05, 4.69) is 4.98 Å². The van der Waals surface area contributed by atoms with Crippen LogP contribution in [0, 0.1) is 5.82 Å². The van der Waals surface area contributed by atoms with Crippen LogP contribution in [0.1, 0.15) is 10.4 Å². The number of halogens is 1. The molecule has 4 rings (SSSR count). The first kappa shape index (κ1) is 20.0. The molecule has 31 heavy (non-hydrogen) atoms. The summed E-state index contributed by atoms with van der Waals surface area (Å²) in [6.45, 7) is 0. The van der Waals surface area contributed by atoms with E-state index in [1.54, 1.807) is 55.6 Å². The molecular weight excluding hydrogens is 401 g/mol. The van der Waals surface area contributed by atoms with Crippen LogP contribution in [0.3, 0.4) is 0 Å². The molecule has 0 N–H and O–H groups in total. The predicted molar refractivity (Wildman–Crippen MR) is 112 cm³/mol. The fourth-order valence-corrected chi connectivity index (χ4v) is 2.85. The number of benzene rings is 3. The third kappa shape index (κ3) is 4.67. The van der Waals surface area contributed by atoms with Crippen LogP contribution in [0.2, 0.25) is 0 Å². The number of ether oxygens (including phenoxy) is 2. The molecule has 0 bridgehead atoms. The summed E-state index contributed by atoms with van der Waals surface area (Å²) in [7, 11) is 1.54. The van der Waals surface area contributed by atoms with Crippen LogP contribution in [-0.4, -0.2) is 18.1 Å².